The molecule has 0 unspecified atom stereocenters. The van der Waals surface area contributed by atoms with E-state index in [2.05, 4.69) is 36.2 Å². The maximum absolute atomic E-state index is 12.2. The summed E-state index contributed by atoms with van der Waals surface area (Å²) in [5, 5.41) is 2.79. The molecule has 3 aromatic rings. The molecule has 0 saturated carbocycles. The number of amides is 1. The summed E-state index contributed by atoms with van der Waals surface area (Å²) in [7, 11) is 0. The maximum Gasteiger partial charge on any atom is 0.275 e. The van der Waals surface area contributed by atoms with Crippen LogP contribution in [0.15, 0.2) is 47.2 Å². The Bertz CT molecular complexity index is 835. The van der Waals surface area contributed by atoms with Crippen LogP contribution in [0.1, 0.15) is 16.2 Å². The molecule has 104 valence electrons. The number of benzene rings is 1. The minimum Gasteiger partial charge on any atom is -0.319 e. The van der Waals surface area contributed by atoms with Crippen LogP contribution < -0.4 is 5.32 Å². The zero-order valence-electron chi connectivity index (χ0n) is 11.2. The summed E-state index contributed by atoms with van der Waals surface area (Å²) in [6.45, 7) is 1.83. The second-order valence-corrected chi connectivity index (χ2v) is 5.28. The van der Waals surface area contributed by atoms with Crippen molar-refractivity contribution < 1.29 is 4.79 Å². The monoisotopic (exact) mass is 342 g/mol. The molecule has 0 bridgehead atoms. The van der Waals surface area contributed by atoms with Crippen molar-refractivity contribution in [3.05, 3.63) is 58.6 Å². The summed E-state index contributed by atoms with van der Waals surface area (Å²) in [4.78, 5) is 25.0. The molecular formula is C15H11BrN4O. The number of nitrogens with zero attached hydrogens (tertiary/aromatic N) is 3. The molecule has 0 aliphatic rings. The molecule has 0 fully saturated rings. The molecule has 21 heavy (non-hydrogen) atoms. The molecule has 0 atom stereocenters. The number of hydrogen-bond acceptors (Lipinski definition) is 4. The molecule has 2 heterocycles. The number of hydrogen-bond donors (Lipinski definition) is 1. The van der Waals surface area contributed by atoms with E-state index in [0.717, 1.165) is 15.8 Å². The van der Waals surface area contributed by atoms with Gasteiger partial charge in [-0.3, -0.25) is 9.78 Å². The van der Waals surface area contributed by atoms with E-state index in [1.165, 1.54) is 6.20 Å². The number of para-hydroxylation sites is 2. The van der Waals surface area contributed by atoms with Crippen LogP contribution >= 0.6 is 15.9 Å². The van der Waals surface area contributed by atoms with Crippen LogP contribution in [0.4, 0.5) is 5.69 Å². The van der Waals surface area contributed by atoms with E-state index >= 15 is 0 Å². The zero-order valence-corrected chi connectivity index (χ0v) is 12.8. The standard InChI is InChI=1S/C15H11BrN4O/c1-9-10(6-7-14(16)18-9)20-15(21)13-8-17-11-4-2-3-5-12(11)19-13/h2-8H,1H3,(H,20,21). The first-order valence-electron chi connectivity index (χ1n) is 6.30. The lowest BCUT2D eigenvalue weighted by Gasteiger charge is -2.07. The number of pyridine rings is 1. The van der Waals surface area contributed by atoms with Crippen LogP contribution in [0.2, 0.25) is 0 Å². The fraction of sp³-hybridized carbons (Fsp3) is 0.0667. The van der Waals surface area contributed by atoms with Gasteiger partial charge >= 0.3 is 0 Å². The summed E-state index contributed by atoms with van der Waals surface area (Å²) in [6.07, 6.45) is 1.47. The number of carbonyl (C=O) groups excluding carboxylic acids is 1. The van der Waals surface area contributed by atoms with Crippen molar-refractivity contribution in [2.45, 2.75) is 6.92 Å². The number of aromatic nitrogens is 3. The first kappa shape index (κ1) is 13.6. The van der Waals surface area contributed by atoms with Crippen LogP contribution in [-0.4, -0.2) is 20.9 Å². The minimum absolute atomic E-state index is 0.274. The largest absolute Gasteiger partial charge is 0.319 e. The van der Waals surface area contributed by atoms with E-state index in [0.29, 0.717) is 11.2 Å². The molecule has 0 aliphatic carbocycles. The molecule has 1 N–H and O–H groups in total. The van der Waals surface area contributed by atoms with Gasteiger partial charge in [0.2, 0.25) is 0 Å². The topological polar surface area (TPSA) is 67.8 Å². The Kier molecular flexibility index (Phi) is 3.62. The second-order valence-electron chi connectivity index (χ2n) is 4.47. The first-order chi connectivity index (χ1) is 10.1. The minimum atomic E-state index is -0.305. The number of carbonyl (C=O) groups is 1. The van der Waals surface area contributed by atoms with Gasteiger partial charge in [-0.15, -0.1) is 0 Å². The lowest BCUT2D eigenvalue weighted by molar-refractivity contribution is 0.102. The Morgan fingerprint density at radius 1 is 1.10 bits per heavy atom. The Morgan fingerprint density at radius 2 is 1.86 bits per heavy atom. The number of nitrogens with one attached hydrogen (secondary N) is 1. The zero-order chi connectivity index (χ0) is 14.8. The van der Waals surface area contributed by atoms with Crippen molar-refractivity contribution in [1.29, 1.82) is 0 Å². The fourth-order valence-corrected chi connectivity index (χ4v) is 2.31. The highest BCUT2D eigenvalue weighted by molar-refractivity contribution is 9.10. The normalized spacial score (nSPS) is 10.6. The van der Waals surface area contributed by atoms with Crippen LogP contribution in [0.5, 0.6) is 0 Å². The molecule has 6 heteroatoms. The molecule has 5 nitrogen and oxygen atoms in total. The van der Waals surface area contributed by atoms with Gasteiger partial charge in [-0.05, 0) is 47.1 Å². The molecule has 1 aromatic carbocycles. The molecule has 0 radical (unpaired) electrons. The van der Waals surface area contributed by atoms with Gasteiger partial charge in [0.05, 0.1) is 28.6 Å². The van der Waals surface area contributed by atoms with Gasteiger partial charge in [-0.25, -0.2) is 9.97 Å². The van der Waals surface area contributed by atoms with E-state index in [-0.39, 0.29) is 11.6 Å². The molecule has 0 aliphatic heterocycles. The van der Waals surface area contributed by atoms with Gasteiger partial charge in [0.1, 0.15) is 10.3 Å². The molecule has 0 saturated heterocycles. The Morgan fingerprint density at radius 3 is 2.62 bits per heavy atom. The predicted molar refractivity (Wildman–Crippen MR) is 84.2 cm³/mol. The van der Waals surface area contributed by atoms with E-state index in [1.54, 1.807) is 12.1 Å². The van der Waals surface area contributed by atoms with Crippen molar-refractivity contribution in [3.8, 4) is 0 Å². The van der Waals surface area contributed by atoms with E-state index < -0.39 is 0 Å². The fourth-order valence-electron chi connectivity index (χ4n) is 1.92. The SMILES string of the molecule is Cc1nc(Br)ccc1NC(=O)c1cnc2ccccc2n1. The second kappa shape index (κ2) is 5.57. The number of rotatable bonds is 2. The van der Waals surface area contributed by atoms with Gasteiger partial charge in [0.15, 0.2) is 0 Å². The smallest absolute Gasteiger partial charge is 0.275 e. The average Bonchev–Trinajstić information content (AvgIpc) is 2.49. The Hall–Kier alpha value is -2.34. The van der Waals surface area contributed by atoms with Crippen molar-refractivity contribution in [2.75, 3.05) is 5.32 Å². The van der Waals surface area contributed by atoms with Crippen molar-refractivity contribution in [1.82, 2.24) is 15.0 Å². The third-order valence-corrected chi connectivity index (χ3v) is 3.42. The summed E-state index contributed by atoms with van der Waals surface area (Å²) < 4.78 is 0.725. The molecular weight excluding hydrogens is 332 g/mol. The van der Waals surface area contributed by atoms with E-state index in [4.69, 9.17) is 0 Å². The van der Waals surface area contributed by atoms with Gasteiger partial charge in [0.25, 0.3) is 5.91 Å². The average molecular weight is 343 g/mol. The lowest BCUT2D eigenvalue weighted by Crippen LogP contribution is -2.15. The Labute approximate surface area is 129 Å². The van der Waals surface area contributed by atoms with E-state index in [1.807, 2.05) is 31.2 Å². The number of anilines is 1. The lowest BCUT2D eigenvalue weighted by atomic mass is 10.2. The summed E-state index contributed by atoms with van der Waals surface area (Å²) in [5.41, 5.74) is 3.10. The number of fused-ring (bicyclic) bond motifs is 1. The third-order valence-electron chi connectivity index (χ3n) is 2.98. The highest BCUT2D eigenvalue weighted by Crippen LogP contribution is 2.17. The summed E-state index contributed by atoms with van der Waals surface area (Å²) in [5.74, 6) is -0.305. The van der Waals surface area contributed by atoms with Crippen LogP contribution in [0.25, 0.3) is 11.0 Å². The van der Waals surface area contributed by atoms with Gasteiger partial charge in [-0.1, -0.05) is 12.1 Å². The molecule has 1 amide bonds. The first-order valence-corrected chi connectivity index (χ1v) is 7.09. The molecule has 0 spiro atoms. The number of aryl methyl sites for hydroxylation is 1. The highest BCUT2D eigenvalue weighted by Gasteiger charge is 2.11. The highest BCUT2D eigenvalue weighted by atomic mass is 79.9. The maximum atomic E-state index is 12.2. The number of halogens is 1. The summed E-state index contributed by atoms with van der Waals surface area (Å²) >= 11 is 3.29. The quantitative estimate of drug-likeness (QED) is 0.725. The van der Waals surface area contributed by atoms with Crippen LogP contribution in [0.3, 0.4) is 0 Å². The molecule has 3 rings (SSSR count). The van der Waals surface area contributed by atoms with Crippen LogP contribution in [-0.2, 0) is 0 Å². The van der Waals surface area contributed by atoms with E-state index in [9.17, 15) is 4.79 Å². The predicted octanol–water partition coefficient (Wildman–Crippen LogP) is 3.35. The molecule has 2 aromatic heterocycles. The third kappa shape index (κ3) is 2.90. The van der Waals surface area contributed by atoms with Gasteiger partial charge < -0.3 is 5.32 Å². The Balaban J connectivity index is 1.89. The van der Waals surface area contributed by atoms with Crippen molar-refractivity contribution in [3.63, 3.8) is 0 Å². The van der Waals surface area contributed by atoms with Crippen LogP contribution in [0, 0.1) is 6.92 Å². The summed E-state index contributed by atoms with van der Waals surface area (Å²) in [6, 6.07) is 11.0. The van der Waals surface area contributed by atoms with Gasteiger partial charge in [-0.2, -0.15) is 0 Å². The van der Waals surface area contributed by atoms with Crippen molar-refractivity contribution >= 4 is 38.6 Å². The van der Waals surface area contributed by atoms with Gasteiger partial charge in [0, 0.05) is 0 Å². The van der Waals surface area contributed by atoms with Crippen molar-refractivity contribution in [2.24, 2.45) is 0 Å².